The molecule has 0 aromatic carbocycles. The minimum atomic E-state index is 0.597. The first-order chi connectivity index (χ1) is 4.43. The van der Waals surface area contributed by atoms with Crippen LogP contribution in [0.25, 0.3) is 0 Å². The molecule has 1 aromatic heterocycles. The van der Waals surface area contributed by atoms with Crippen LogP contribution in [0.5, 0.6) is 0 Å². The molecule has 1 aromatic rings. The van der Waals surface area contributed by atoms with Crippen LogP contribution in [0, 0.1) is 0 Å². The van der Waals surface area contributed by atoms with Crippen LogP contribution in [0.3, 0.4) is 0 Å². The van der Waals surface area contributed by atoms with E-state index in [1.165, 1.54) is 11.5 Å². The first-order valence-corrected chi connectivity index (χ1v) is 3.30. The van der Waals surface area contributed by atoms with Crippen LogP contribution in [-0.2, 0) is 0 Å². The Hall–Kier alpha value is -0.750. The fourth-order valence-corrected chi connectivity index (χ4v) is 0.771. The van der Waals surface area contributed by atoms with E-state index in [2.05, 4.69) is 20.1 Å². The predicted molar refractivity (Wildman–Crippen MR) is 35.2 cm³/mol. The smallest absolute Gasteiger partial charge is 0.225 e. The maximum absolute atomic E-state index is 5.22. The number of hydrogen-bond donors (Lipinski definition) is 2. The molecule has 0 aliphatic rings. The number of nitrogens with two attached hydrogens (primary N) is 1. The molecule has 0 spiro atoms. The van der Waals surface area contributed by atoms with Gasteiger partial charge in [0.25, 0.3) is 0 Å². The van der Waals surface area contributed by atoms with Crippen molar-refractivity contribution in [3.8, 4) is 0 Å². The monoisotopic (exact) mass is 145 g/mol. The zero-order valence-electron chi connectivity index (χ0n) is 4.74. The SMILES string of the molecule is NCCNc1nnns1. The van der Waals surface area contributed by atoms with Crippen molar-refractivity contribution in [3.05, 3.63) is 0 Å². The van der Waals surface area contributed by atoms with Gasteiger partial charge in [-0.05, 0) is 5.21 Å². The highest BCUT2D eigenvalue weighted by Gasteiger charge is 1.91. The Labute approximate surface area is 56.4 Å². The van der Waals surface area contributed by atoms with Crippen molar-refractivity contribution in [2.24, 2.45) is 5.73 Å². The molecule has 0 saturated carbocycles. The van der Waals surface area contributed by atoms with Crippen molar-refractivity contribution < 1.29 is 0 Å². The fourth-order valence-electron chi connectivity index (χ4n) is 0.381. The summed E-state index contributed by atoms with van der Waals surface area (Å²) in [5, 5.41) is 10.7. The molecule has 1 rings (SSSR count). The third kappa shape index (κ3) is 1.90. The second-order valence-corrected chi connectivity index (χ2v) is 2.12. The van der Waals surface area contributed by atoms with E-state index in [0.717, 1.165) is 11.7 Å². The van der Waals surface area contributed by atoms with E-state index in [4.69, 9.17) is 5.73 Å². The van der Waals surface area contributed by atoms with Crippen LogP contribution in [0.15, 0.2) is 0 Å². The van der Waals surface area contributed by atoms with Gasteiger partial charge in [0, 0.05) is 24.6 Å². The van der Waals surface area contributed by atoms with Crippen molar-refractivity contribution in [2.75, 3.05) is 18.4 Å². The standard InChI is InChI=1S/C3H7N5S/c4-1-2-5-3-6-7-8-9-3/h1-2,4H2,(H,5,6,8). The average molecular weight is 145 g/mol. The zero-order valence-corrected chi connectivity index (χ0v) is 5.56. The average Bonchev–Trinajstić information content (AvgIpc) is 2.34. The molecular weight excluding hydrogens is 138 g/mol. The summed E-state index contributed by atoms with van der Waals surface area (Å²) in [6, 6.07) is 0. The van der Waals surface area contributed by atoms with Crippen molar-refractivity contribution in [2.45, 2.75) is 0 Å². The van der Waals surface area contributed by atoms with Crippen molar-refractivity contribution in [1.82, 2.24) is 14.8 Å². The van der Waals surface area contributed by atoms with E-state index in [1.54, 1.807) is 0 Å². The van der Waals surface area contributed by atoms with Gasteiger partial charge in [-0.25, -0.2) is 0 Å². The summed E-state index contributed by atoms with van der Waals surface area (Å²) in [4.78, 5) is 0. The summed E-state index contributed by atoms with van der Waals surface area (Å²) in [6.07, 6.45) is 0. The molecule has 0 fully saturated rings. The summed E-state index contributed by atoms with van der Waals surface area (Å²) < 4.78 is 3.55. The summed E-state index contributed by atoms with van der Waals surface area (Å²) in [5.41, 5.74) is 5.22. The van der Waals surface area contributed by atoms with Gasteiger partial charge < -0.3 is 11.1 Å². The third-order valence-corrected chi connectivity index (χ3v) is 1.27. The highest BCUT2D eigenvalue weighted by molar-refractivity contribution is 7.09. The molecule has 0 aliphatic heterocycles. The van der Waals surface area contributed by atoms with Crippen molar-refractivity contribution >= 4 is 16.7 Å². The van der Waals surface area contributed by atoms with E-state index in [0.29, 0.717) is 6.54 Å². The van der Waals surface area contributed by atoms with Gasteiger partial charge >= 0.3 is 0 Å². The van der Waals surface area contributed by atoms with Crippen LogP contribution in [0.1, 0.15) is 0 Å². The van der Waals surface area contributed by atoms with Crippen molar-refractivity contribution in [1.29, 1.82) is 0 Å². The number of nitrogens with one attached hydrogen (secondary N) is 1. The minimum absolute atomic E-state index is 0.597. The Kier molecular flexibility index (Phi) is 2.34. The Morgan fingerprint density at radius 3 is 3.11 bits per heavy atom. The first kappa shape index (κ1) is 6.37. The molecule has 50 valence electrons. The Morgan fingerprint density at radius 1 is 1.67 bits per heavy atom. The lowest BCUT2D eigenvalue weighted by Crippen LogP contribution is -2.12. The molecule has 0 atom stereocenters. The minimum Gasteiger partial charge on any atom is -0.358 e. The lowest BCUT2D eigenvalue weighted by molar-refractivity contribution is 0.943. The molecule has 1 heterocycles. The number of aromatic nitrogens is 3. The van der Waals surface area contributed by atoms with Crippen molar-refractivity contribution in [3.63, 3.8) is 0 Å². The fraction of sp³-hybridized carbons (Fsp3) is 0.667. The van der Waals surface area contributed by atoms with Gasteiger partial charge in [0.15, 0.2) is 0 Å². The summed E-state index contributed by atoms with van der Waals surface area (Å²) in [5.74, 6) is 0. The van der Waals surface area contributed by atoms with Crippen LogP contribution >= 0.6 is 11.5 Å². The second-order valence-electron chi connectivity index (χ2n) is 1.38. The maximum atomic E-state index is 5.22. The molecule has 6 heteroatoms. The van der Waals surface area contributed by atoms with Gasteiger partial charge in [0.1, 0.15) is 0 Å². The van der Waals surface area contributed by atoms with Crippen LogP contribution in [0.2, 0.25) is 0 Å². The van der Waals surface area contributed by atoms with E-state index < -0.39 is 0 Å². The largest absolute Gasteiger partial charge is 0.358 e. The first-order valence-electron chi connectivity index (χ1n) is 2.52. The van der Waals surface area contributed by atoms with Crippen LogP contribution in [0.4, 0.5) is 5.13 Å². The summed E-state index contributed by atoms with van der Waals surface area (Å²) in [7, 11) is 0. The number of anilines is 1. The molecule has 0 amide bonds. The molecule has 0 aliphatic carbocycles. The Bertz CT molecular complexity index is 149. The molecule has 3 N–H and O–H groups in total. The number of nitrogens with zero attached hydrogens (tertiary/aromatic N) is 3. The molecule has 0 radical (unpaired) electrons. The van der Waals surface area contributed by atoms with E-state index in [9.17, 15) is 0 Å². The van der Waals surface area contributed by atoms with E-state index in [1.807, 2.05) is 0 Å². The molecule has 0 bridgehead atoms. The quantitative estimate of drug-likeness (QED) is 0.588. The predicted octanol–water partition coefficient (Wildman–Crippen LogP) is -0.696. The van der Waals surface area contributed by atoms with Crippen LogP contribution in [-0.4, -0.2) is 27.9 Å². The van der Waals surface area contributed by atoms with E-state index in [-0.39, 0.29) is 0 Å². The summed E-state index contributed by atoms with van der Waals surface area (Å²) in [6.45, 7) is 1.32. The third-order valence-electron chi connectivity index (χ3n) is 0.720. The molecule has 9 heavy (non-hydrogen) atoms. The molecule has 5 nitrogen and oxygen atoms in total. The normalized spacial score (nSPS) is 9.44. The van der Waals surface area contributed by atoms with Gasteiger partial charge in [-0.1, -0.05) is 9.59 Å². The van der Waals surface area contributed by atoms with Crippen LogP contribution < -0.4 is 11.1 Å². The number of rotatable bonds is 3. The van der Waals surface area contributed by atoms with Gasteiger partial charge in [0.2, 0.25) is 5.13 Å². The summed E-state index contributed by atoms with van der Waals surface area (Å²) >= 11 is 1.22. The molecular formula is C3H7N5S. The van der Waals surface area contributed by atoms with Gasteiger partial charge in [-0.3, -0.25) is 0 Å². The molecule has 0 saturated heterocycles. The Balaban J connectivity index is 2.30. The lowest BCUT2D eigenvalue weighted by atomic mass is 10.7. The molecule has 0 unspecified atom stereocenters. The highest BCUT2D eigenvalue weighted by Crippen LogP contribution is 2.02. The zero-order chi connectivity index (χ0) is 6.53. The van der Waals surface area contributed by atoms with Gasteiger partial charge in [-0.2, -0.15) is 0 Å². The van der Waals surface area contributed by atoms with Gasteiger partial charge in [0.05, 0.1) is 0 Å². The Morgan fingerprint density at radius 2 is 2.56 bits per heavy atom. The van der Waals surface area contributed by atoms with Gasteiger partial charge in [-0.15, -0.1) is 0 Å². The second kappa shape index (κ2) is 3.31. The lowest BCUT2D eigenvalue weighted by Gasteiger charge is -1.93. The van der Waals surface area contributed by atoms with E-state index >= 15 is 0 Å². The number of hydrogen-bond acceptors (Lipinski definition) is 6. The maximum Gasteiger partial charge on any atom is 0.225 e. The topological polar surface area (TPSA) is 76.7 Å². The highest BCUT2D eigenvalue weighted by atomic mass is 32.1.